The van der Waals surface area contributed by atoms with Gasteiger partial charge in [0.15, 0.2) is 11.5 Å². The summed E-state index contributed by atoms with van der Waals surface area (Å²) in [5.41, 5.74) is 1.79. The van der Waals surface area contributed by atoms with Crippen molar-refractivity contribution in [1.82, 2.24) is 0 Å². The molecule has 0 heterocycles. The number of carboxylic acids is 1. The summed E-state index contributed by atoms with van der Waals surface area (Å²) in [6, 6.07) is 25.4. The fourth-order valence-electron chi connectivity index (χ4n) is 3.89. The smallest absolute Gasteiger partial charge is 0.335 e. The molecule has 7 nitrogen and oxygen atoms in total. The van der Waals surface area contributed by atoms with Crippen molar-refractivity contribution in [3.63, 3.8) is 0 Å². The Morgan fingerprint density at radius 2 is 1.79 bits per heavy atom. The average molecular weight is 618 g/mol. The second kappa shape index (κ2) is 12.3. The summed E-state index contributed by atoms with van der Waals surface area (Å²) in [7, 11) is 0. The summed E-state index contributed by atoms with van der Waals surface area (Å²) >= 11 is 2.14. The Morgan fingerprint density at radius 3 is 2.55 bits per heavy atom. The van der Waals surface area contributed by atoms with Gasteiger partial charge in [-0.15, -0.1) is 0 Å². The van der Waals surface area contributed by atoms with Crippen molar-refractivity contribution in [2.45, 2.75) is 13.5 Å². The zero-order valence-corrected chi connectivity index (χ0v) is 22.6. The van der Waals surface area contributed by atoms with Crippen molar-refractivity contribution in [1.29, 1.82) is 5.26 Å². The number of carbonyl (C=O) groups is 2. The van der Waals surface area contributed by atoms with Crippen molar-refractivity contribution in [2.24, 2.45) is 0 Å². The molecule has 190 valence electrons. The number of carboxylic acid groups (broad SMARTS) is 1. The van der Waals surface area contributed by atoms with Gasteiger partial charge >= 0.3 is 5.97 Å². The van der Waals surface area contributed by atoms with Gasteiger partial charge in [0.25, 0.3) is 5.91 Å². The quantitative estimate of drug-likeness (QED) is 0.123. The summed E-state index contributed by atoms with van der Waals surface area (Å²) in [4.78, 5) is 24.0. The number of nitriles is 1. The van der Waals surface area contributed by atoms with Crippen LogP contribution in [0.15, 0.2) is 84.4 Å². The van der Waals surface area contributed by atoms with Crippen LogP contribution in [0.5, 0.6) is 11.5 Å². The molecule has 1 amide bonds. The molecular formula is C30H23IN2O5. The van der Waals surface area contributed by atoms with E-state index in [1.54, 1.807) is 18.2 Å². The lowest BCUT2D eigenvalue weighted by molar-refractivity contribution is -0.112. The molecule has 0 bridgehead atoms. The van der Waals surface area contributed by atoms with Crippen molar-refractivity contribution < 1.29 is 24.2 Å². The van der Waals surface area contributed by atoms with Gasteiger partial charge in [-0.2, -0.15) is 5.26 Å². The Bertz CT molecular complexity index is 1580. The summed E-state index contributed by atoms with van der Waals surface area (Å²) in [6.07, 6.45) is 1.45. The Hall–Kier alpha value is -4.36. The summed E-state index contributed by atoms with van der Waals surface area (Å²) in [5.74, 6) is -0.694. The predicted octanol–water partition coefficient (Wildman–Crippen LogP) is 6.67. The van der Waals surface area contributed by atoms with Crippen LogP contribution in [-0.2, 0) is 11.4 Å². The van der Waals surface area contributed by atoms with E-state index in [2.05, 4.69) is 46.1 Å². The SMILES string of the molecule is CCOc1cc(/C=C(/C#N)C(=O)Nc2cccc(C(=O)O)c2)cc(I)c1OCc1cccc2ccccc12. The molecule has 4 rings (SSSR count). The van der Waals surface area contributed by atoms with E-state index in [0.29, 0.717) is 30.3 Å². The first-order chi connectivity index (χ1) is 18.4. The van der Waals surface area contributed by atoms with Crippen LogP contribution in [-0.4, -0.2) is 23.6 Å². The summed E-state index contributed by atoms with van der Waals surface area (Å²) in [5, 5.41) is 23.6. The van der Waals surface area contributed by atoms with E-state index in [1.807, 2.05) is 37.3 Å². The number of fused-ring (bicyclic) bond motifs is 1. The minimum absolute atomic E-state index is 0.0280. The number of amides is 1. The first kappa shape index (κ1) is 26.7. The number of anilines is 1. The van der Waals surface area contributed by atoms with Crippen LogP contribution in [0.25, 0.3) is 16.8 Å². The van der Waals surface area contributed by atoms with Crippen LogP contribution in [0, 0.1) is 14.9 Å². The first-order valence-corrected chi connectivity index (χ1v) is 12.8. The van der Waals surface area contributed by atoms with Gasteiger partial charge in [0.2, 0.25) is 0 Å². The second-order valence-corrected chi connectivity index (χ2v) is 9.36. The molecule has 4 aromatic rings. The van der Waals surface area contributed by atoms with Gasteiger partial charge in [-0.25, -0.2) is 4.79 Å². The van der Waals surface area contributed by atoms with Gasteiger partial charge in [-0.3, -0.25) is 4.79 Å². The minimum Gasteiger partial charge on any atom is -0.490 e. The molecule has 0 unspecified atom stereocenters. The number of hydrogen-bond acceptors (Lipinski definition) is 5. The molecule has 4 aromatic carbocycles. The summed E-state index contributed by atoms with van der Waals surface area (Å²) in [6.45, 7) is 2.61. The lowest BCUT2D eigenvalue weighted by Crippen LogP contribution is -2.14. The molecule has 2 N–H and O–H groups in total. The van der Waals surface area contributed by atoms with E-state index in [1.165, 1.54) is 24.3 Å². The average Bonchev–Trinajstić information content (AvgIpc) is 2.91. The zero-order valence-electron chi connectivity index (χ0n) is 20.4. The monoisotopic (exact) mass is 618 g/mol. The maximum absolute atomic E-state index is 12.8. The maximum atomic E-state index is 12.8. The fraction of sp³-hybridized carbons (Fsp3) is 0.100. The van der Waals surface area contributed by atoms with E-state index < -0.39 is 11.9 Å². The number of nitrogens with zero attached hydrogens (tertiary/aromatic N) is 1. The normalized spacial score (nSPS) is 11.0. The van der Waals surface area contributed by atoms with E-state index in [9.17, 15) is 14.9 Å². The van der Waals surface area contributed by atoms with E-state index in [0.717, 1.165) is 19.9 Å². The van der Waals surface area contributed by atoms with Crippen molar-refractivity contribution in [2.75, 3.05) is 11.9 Å². The van der Waals surface area contributed by atoms with Crippen LogP contribution >= 0.6 is 22.6 Å². The molecule has 0 atom stereocenters. The van der Waals surface area contributed by atoms with Crippen molar-refractivity contribution >= 4 is 57.0 Å². The highest BCUT2D eigenvalue weighted by molar-refractivity contribution is 14.1. The Kier molecular flexibility index (Phi) is 8.61. The van der Waals surface area contributed by atoms with Gasteiger partial charge < -0.3 is 19.9 Å². The van der Waals surface area contributed by atoms with E-state index in [4.69, 9.17) is 14.6 Å². The van der Waals surface area contributed by atoms with Crippen LogP contribution in [0.4, 0.5) is 5.69 Å². The predicted molar refractivity (Wildman–Crippen MR) is 154 cm³/mol. The number of hydrogen-bond donors (Lipinski definition) is 2. The molecule has 0 radical (unpaired) electrons. The molecule has 0 fully saturated rings. The third kappa shape index (κ3) is 6.30. The number of rotatable bonds is 9. The Labute approximate surface area is 233 Å². The van der Waals surface area contributed by atoms with Crippen molar-refractivity contribution in [3.8, 4) is 17.6 Å². The van der Waals surface area contributed by atoms with Gasteiger partial charge in [-0.1, -0.05) is 48.5 Å². The van der Waals surface area contributed by atoms with Crippen molar-refractivity contribution in [3.05, 3.63) is 105 Å². The second-order valence-electron chi connectivity index (χ2n) is 8.20. The lowest BCUT2D eigenvalue weighted by Gasteiger charge is -2.16. The minimum atomic E-state index is -1.11. The lowest BCUT2D eigenvalue weighted by atomic mass is 10.1. The first-order valence-electron chi connectivity index (χ1n) is 11.7. The van der Waals surface area contributed by atoms with Crippen LogP contribution in [0.1, 0.15) is 28.4 Å². The van der Waals surface area contributed by atoms with Gasteiger partial charge in [0.05, 0.1) is 15.7 Å². The largest absolute Gasteiger partial charge is 0.490 e. The van der Waals surface area contributed by atoms with Crippen LogP contribution in [0.3, 0.4) is 0 Å². The van der Waals surface area contributed by atoms with Gasteiger partial charge in [-0.05, 0) is 87.8 Å². The molecule has 0 aliphatic heterocycles. The Morgan fingerprint density at radius 1 is 1.03 bits per heavy atom. The standard InChI is InChI=1S/C30H23IN2O5/c1-2-37-27-15-19(13-23(17-32)29(34)33-24-11-6-9-21(16-24)30(35)36)14-26(31)28(27)38-18-22-10-5-8-20-7-3-4-12-25(20)22/h3-16H,2,18H2,1H3,(H,33,34)(H,35,36)/b23-13-. The topological polar surface area (TPSA) is 109 Å². The highest BCUT2D eigenvalue weighted by Crippen LogP contribution is 2.36. The van der Waals surface area contributed by atoms with Crippen LogP contribution in [0.2, 0.25) is 0 Å². The molecule has 0 aliphatic carbocycles. The number of aromatic carboxylic acids is 1. The molecular weight excluding hydrogens is 595 g/mol. The molecule has 0 aliphatic rings. The number of halogens is 1. The number of nitrogens with one attached hydrogen (secondary N) is 1. The third-order valence-corrected chi connectivity index (χ3v) is 6.43. The number of ether oxygens (including phenoxy) is 2. The molecule has 8 heteroatoms. The highest BCUT2D eigenvalue weighted by Gasteiger charge is 2.16. The fourth-order valence-corrected chi connectivity index (χ4v) is 4.67. The van der Waals surface area contributed by atoms with Gasteiger partial charge in [0.1, 0.15) is 18.2 Å². The number of benzene rings is 4. The molecule has 0 aromatic heterocycles. The van der Waals surface area contributed by atoms with Crippen LogP contribution < -0.4 is 14.8 Å². The van der Waals surface area contributed by atoms with E-state index in [-0.39, 0.29) is 16.8 Å². The maximum Gasteiger partial charge on any atom is 0.335 e. The number of carbonyl (C=O) groups excluding carboxylic acids is 1. The summed E-state index contributed by atoms with van der Waals surface area (Å²) < 4.78 is 12.8. The third-order valence-electron chi connectivity index (χ3n) is 5.63. The van der Waals surface area contributed by atoms with Gasteiger partial charge in [0, 0.05) is 5.69 Å². The Balaban J connectivity index is 1.58. The zero-order chi connectivity index (χ0) is 27.1. The van der Waals surface area contributed by atoms with E-state index >= 15 is 0 Å². The molecule has 0 spiro atoms. The highest BCUT2D eigenvalue weighted by atomic mass is 127. The molecule has 0 saturated heterocycles. The molecule has 38 heavy (non-hydrogen) atoms. The molecule has 0 saturated carbocycles.